The molecular weight excluding hydrogens is 539 g/mol. The van der Waals surface area contributed by atoms with Crippen molar-refractivity contribution < 1.29 is 14.2 Å². The van der Waals surface area contributed by atoms with E-state index in [0.29, 0.717) is 0 Å². The normalized spacial score (nSPS) is 15.6. The molecule has 32 heavy (non-hydrogen) atoms. The minimum absolute atomic E-state index is 0. The predicted molar refractivity (Wildman–Crippen MR) is 142 cm³/mol. The number of benzene rings is 1. The smallest absolute Gasteiger partial charge is 0.191 e. The summed E-state index contributed by atoms with van der Waals surface area (Å²) in [5.41, 5.74) is 1.17. The molecule has 0 saturated carbocycles. The summed E-state index contributed by atoms with van der Waals surface area (Å²) in [5.74, 6) is 2.27. The zero-order valence-corrected chi connectivity index (χ0v) is 22.5. The average molecular weight is 575 g/mol. The number of rotatable bonds is 9. The van der Waals surface area contributed by atoms with E-state index in [1.807, 2.05) is 17.4 Å². The Balaban J connectivity index is 0.00000363. The van der Waals surface area contributed by atoms with Gasteiger partial charge < -0.3 is 24.8 Å². The molecule has 1 aliphatic rings. The van der Waals surface area contributed by atoms with Crippen LogP contribution in [-0.4, -0.2) is 65.0 Å². The first-order valence-corrected chi connectivity index (χ1v) is 11.6. The second-order valence-electron chi connectivity index (χ2n) is 7.31. The second-order valence-corrected chi connectivity index (χ2v) is 8.56. The van der Waals surface area contributed by atoms with Crippen LogP contribution in [0.4, 0.5) is 0 Å². The van der Waals surface area contributed by atoms with E-state index in [1.165, 1.54) is 15.3 Å². The molecule has 9 heteroatoms. The number of thiophene rings is 1. The maximum absolute atomic E-state index is 5.57. The van der Waals surface area contributed by atoms with Crippen LogP contribution in [-0.2, 0) is 17.7 Å². The quantitative estimate of drug-likeness (QED) is 0.271. The Labute approximate surface area is 212 Å². The molecule has 0 bridgehead atoms. The third-order valence-electron chi connectivity index (χ3n) is 5.46. The summed E-state index contributed by atoms with van der Waals surface area (Å²) < 4.78 is 16.5. The molecule has 1 saturated heterocycles. The van der Waals surface area contributed by atoms with Crippen LogP contribution in [0.3, 0.4) is 0 Å². The molecule has 2 aromatic rings. The van der Waals surface area contributed by atoms with Crippen molar-refractivity contribution in [1.29, 1.82) is 0 Å². The van der Waals surface area contributed by atoms with Gasteiger partial charge >= 0.3 is 0 Å². The first-order valence-electron chi connectivity index (χ1n) is 10.7. The standard InChI is InChI=1S/C23H34N4O3S.HI/c1-5-18-7-8-19(31-18)15-25-23(24-2)26-16-20(27-10-12-30-13-11-27)17-6-9-21(28-3)22(14-17)29-4;/h6-9,14,20H,5,10-13,15-16H2,1-4H3,(H2,24,25,26);1H. The van der Waals surface area contributed by atoms with E-state index >= 15 is 0 Å². The number of hydrogen-bond acceptors (Lipinski definition) is 6. The Hall–Kier alpha value is -1.56. The number of methoxy groups -OCH3 is 2. The Morgan fingerprint density at radius 1 is 1.09 bits per heavy atom. The molecular formula is C23H35IN4O3S. The number of nitrogens with one attached hydrogen (secondary N) is 2. The van der Waals surface area contributed by atoms with Gasteiger partial charge in [-0.25, -0.2) is 0 Å². The highest BCUT2D eigenvalue weighted by Crippen LogP contribution is 2.32. The summed E-state index contributed by atoms with van der Waals surface area (Å²) in [6.07, 6.45) is 1.07. The van der Waals surface area contributed by atoms with E-state index in [4.69, 9.17) is 14.2 Å². The topological polar surface area (TPSA) is 67.4 Å². The van der Waals surface area contributed by atoms with Crippen LogP contribution >= 0.6 is 35.3 Å². The van der Waals surface area contributed by atoms with Crippen LogP contribution in [0.15, 0.2) is 35.3 Å². The highest BCUT2D eigenvalue weighted by atomic mass is 127. The molecule has 2 N–H and O–H groups in total. The van der Waals surface area contributed by atoms with Crippen LogP contribution in [0.5, 0.6) is 11.5 Å². The van der Waals surface area contributed by atoms with Crippen molar-refractivity contribution in [3.8, 4) is 11.5 Å². The van der Waals surface area contributed by atoms with E-state index in [-0.39, 0.29) is 30.0 Å². The molecule has 0 amide bonds. The van der Waals surface area contributed by atoms with Gasteiger partial charge in [0.15, 0.2) is 17.5 Å². The van der Waals surface area contributed by atoms with Gasteiger partial charge in [0.05, 0.1) is 40.0 Å². The molecule has 0 aliphatic carbocycles. The van der Waals surface area contributed by atoms with Crippen molar-refractivity contribution in [2.24, 2.45) is 4.99 Å². The Morgan fingerprint density at radius 3 is 2.44 bits per heavy atom. The van der Waals surface area contributed by atoms with Crippen LogP contribution in [0.1, 0.15) is 28.3 Å². The number of aryl methyl sites for hydroxylation is 1. The summed E-state index contributed by atoms with van der Waals surface area (Å²) in [5, 5.41) is 6.95. The molecule has 1 fully saturated rings. The van der Waals surface area contributed by atoms with Crippen LogP contribution < -0.4 is 20.1 Å². The van der Waals surface area contributed by atoms with Gasteiger partial charge in [0, 0.05) is 36.4 Å². The van der Waals surface area contributed by atoms with Crippen molar-refractivity contribution in [1.82, 2.24) is 15.5 Å². The minimum atomic E-state index is 0. The predicted octanol–water partition coefficient (Wildman–Crippen LogP) is 3.68. The van der Waals surface area contributed by atoms with Crippen molar-refractivity contribution in [3.05, 3.63) is 45.6 Å². The van der Waals surface area contributed by atoms with Gasteiger partial charge in [-0.2, -0.15) is 0 Å². The van der Waals surface area contributed by atoms with Gasteiger partial charge in [0.2, 0.25) is 0 Å². The third-order valence-corrected chi connectivity index (χ3v) is 6.69. The minimum Gasteiger partial charge on any atom is -0.493 e. The van der Waals surface area contributed by atoms with Gasteiger partial charge in [-0.1, -0.05) is 13.0 Å². The summed E-state index contributed by atoms with van der Waals surface area (Å²) in [7, 11) is 5.14. The molecule has 2 heterocycles. The van der Waals surface area contributed by atoms with Gasteiger partial charge in [-0.15, -0.1) is 35.3 Å². The highest BCUT2D eigenvalue weighted by molar-refractivity contribution is 14.0. The lowest BCUT2D eigenvalue weighted by molar-refractivity contribution is 0.0169. The average Bonchev–Trinajstić information content (AvgIpc) is 3.29. The zero-order chi connectivity index (χ0) is 22.1. The van der Waals surface area contributed by atoms with Crippen molar-refractivity contribution >= 4 is 41.3 Å². The molecule has 178 valence electrons. The van der Waals surface area contributed by atoms with Crippen LogP contribution in [0.2, 0.25) is 0 Å². The molecule has 1 aromatic carbocycles. The number of halogens is 1. The molecule has 3 rings (SSSR count). The van der Waals surface area contributed by atoms with Crippen molar-refractivity contribution in [3.63, 3.8) is 0 Å². The number of ether oxygens (including phenoxy) is 3. The lowest BCUT2D eigenvalue weighted by Crippen LogP contribution is -2.46. The first-order chi connectivity index (χ1) is 15.2. The molecule has 0 spiro atoms. The number of aliphatic imine (C=N–C) groups is 1. The lowest BCUT2D eigenvalue weighted by Gasteiger charge is -2.35. The Bertz CT molecular complexity index is 856. The molecule has 1 aliphatic heterocycles. The van der Waals surface area contributed by atoms with Crippen LogP contribution in [0, 0.1) is 0 Å². The van der Waals surface area contributed by atoms with E-state index in [0.717, 1.165) is 63.3 Å². The van der Waals surface area contributed by atoms with Gasteiger partial charge in [-0.05, 0) is 36.2 Å². The largest absolute Gasteiger partial charge is 0.493 e. The fourth-order valence-electron chi connectivity index (χ4n) is 3.70. The van der Waals surface area contributed by atoms with Crippen molar-refractivity contribution in [2.75, 3.05) is 54.1 Å². The van der Waals surface area contributed by atoms with Gasteiger partial charge in [-0.3, -0.25) is 9.89 Å². The van der Waals surface area contributed by atoms with E-state index in [1.54, 1.807) is 21.3 Å². The zero-order valence-electron chi connectivity index (χ0n) is 19.3. The maximum atomic E-state index is 5.57. The summed E-state index contributed by atoms with van der Waals surface area (Å²) in [6, 6.07) is 10.7. The number of morpholine rings is 1. The summed E-state index contributed by atoms with van der Waals surface area (Å²) >= 11 is 1.84. The molecule has 1 aromatic heterocycles. The van der Waals surface area contributed by atoms with Crippen LogP contribution in [0.25, 0.3) is 0 Å². The SMILES string of the molecule is CCc1ccc(CNC(=NC)NCC(c2ccc(OC)c(OC)c2)N2CCOCC2)s1.I. The first kappa shape index (κ1) is 26.7. The Morgan fingerprint density at radius 2 is 1.81 bits per heavy atom. The molecule has 1 unspecified atom stereocenters. The molecule has 7 nitrogen and oxygen atoms in total. The fourth-order valence-corrected chi connectivity index (χ4v) is 4.60. The lowest BCUT2D eigenvalue weighted by atomic mass is 10.0. The Kier molecular flexibility index (Phi) is 11.6. The second kappa shape index (κ2) is 13.9. The van der Waals surface area contributed by atoms with Crippen molar-refractivity contribution in [2.45, 2.75) is 25.9 Å². The van der Waals surface area contributed by atoms with Gasteiger partial charge in [0.1, 0.15) is 0 Å². The highest BCUT2D eigenvalue weighted by Gasteiger charge is 2.24. The van der Waals surface area contributed by atoms with E-state index < -0.39 is 0 Å². The molecule has 0 radical (unpaired) electrons. The number of hydrogen-bond donors (Lipinski definition) is 2. The van der Waals surface area contributed by atoms with E-state index in [2.05, 4.69) is 51.7 Å². The summed E-state index contributed by atoms with van der Waals surface area (Å²) in [6.45, 7) is 6.94. The van der Waals surface area contributed by atoms with E-state index in [9.17, 15) is 0 Å². The number of guanidine groups is 1. The number of nitrogens with zero attached hydrogens (tertiary/aromatic N) is 2. The fraction of sp³-hybridized carbons (Fsp3) is 0.522. The summed E-state index contributed by atoms with van der Waals surface area (Å²) in [4.78, 5) is 9.57. The third kappa shape index (κ3) is 7.23. The monoisotopic (exact) mass is 574 g/mol. The maximum Gasteiger partial charge on any atom is 0.191 e. The molecule has 1 atom stereocenters. The van der Waals surface area contributed by atoms with Gasteiger partial charge in [0.25, 0.3) is 0 Å².